The number of nitrogens with one attached hydrogen (secondary N) is 2. The van der Waals surface area contributed by atoms with Gasteiger partial charge in [-0.05, 0) is 81.3 Å². The van der Waals surface area contributed by atoms with E-state index >= 15 is 0 Å². The van der Waals surface area contributed by atoms with Crippen molar-refractivity contribution >= 4 is 23.3 Å². The lowest BCUT2D eigenvalue weighted by Gasteiger charge is -2.55. The number of carbonyl (C=O) groups excluding carboxylic acids is 3. The molecule has 4 aliphatic carbocycles. The van der Waals surface area contributed by atoms with Crippen molar-refractivity contribution in [3.63, 3.8) is 0 Å². The van der Waals surface area contributed by atoms with Crippen molar-refractivity contribution < 1.29 is 14.4 Å². The molecule has 4 fully saturated rings. The van der Waals surface area contributed by atoms with Gasteiger partial charge in [0.25, 0.3) is 0 Å². The normalized spacial score (nSPS) is 30.8. The maximum absolute atomic E-state index is 13.4. The first-order valence-corrected chi connectivity index (χ1v) is 11.0. The van der Waals surface area contributed by atoms with Gasteiger partial charge in [-0.25, -0.2) is 0 Å². The van der Waals surface area contributed by atoms with Crippen LogP contribution < -0.4 is 10.6 Å². The first kappa shape index (κ1) is 20.1. The molecule has 1 aromatic rings. The number of rotatable bonds is 6. The minimum absolute atomic E-state index is 0.0242. The average molecular weight is 397 g/mol. The van der Waals surface area contributed by atoms with Gasteiger partial charge in [0.15, 0.2) is 5.78 Å². The topological polar surface area (TPSA) is 75.3 Å². The van der Waals surface area contributed by atoms with Gasteiger partial charge in [-0.2, -0.15) is 0 Å². The summed E-state index contributed by atoms with van der Waals surface area (Å²) >= 11 is 0. The van der Waals surface area contributed by atoms with Crippen LogP contribution >= 0.6 is 0 Å². The molecule has 2 N–H and O–H groups in total. The maximum atomic E-state index is 13.4. The van der Waals surface area contributed by atoms with Gasteiger partial charge in [0.1, 0.15) is 6.04 Å². The van der Waals surface area contributed by atoms with Gasteiger partial charge in [-0.1, -0.05) is 26.0 Å². The summed E-state index contributed by atoms with van der Waals surface area (Å²) < 4.78 is 0. The Labute approximate surface area is 173 Å². The molecule has 1 unspecified atom stereocenters. The van der Waals surface area contributed by atoms with E-state index in [-0.39, 0.29) is 28.9 Å². The summed E-state index contributed by atoms with van der Waals surface area (Å²) in [5.74, 6) is 1.84. The minimum Gasteiger partial charge on any atom is -0.344 e. The van der Waals surface area contributed by atoms with Crippen molar-refractivity contribution in [3.8, 4) is 0 Å². The molecule has 5 heteroatoms. The van der Waals surface area contributed by atoms with Crippen molar-refractivity contribution in [2.75, 3.05) is 5.32 Å². The second kappa shape index (κ2) is 7.58. The second-order valence-electron chi connectivity index (χ2n) is 10.0. The average Bonchev–Trinajstić information content (AvgIpc) is 2.64. The van der Waals surface area contributed by atoms with Gasteiger partial charge < -0.3 is 10.6 Å². The summed E-state index contributed by atoms with van der Waals surface area (Å²) in [6.45, 7) is 5.41. The van der Waals surface area contributed by atoms with Crippen molar-refractivity contribution in [2.24, 2.45) is 29.1 Å². The summed E-state index contributed by atoms with van der Waals surface area (Å²) in [6.07, 6.45) is 6.81. The van der Waals surface area contributed by atoms with Crippen LogP contribution in [0.5, 0.6) is 0 Å². The zero-order chi connectivity index (χ0) is 20.8. The first-order valence-electron chi connectivity index (χ1n) is 11.0. The number of amides is 2. The van der Waals surface area contributed by atoms with Crippen LogP contribution in [0.2, 0.25) is 0 Å². The highest BCUT2D eigenvalue weighted by atomic mass is 16.2. The van der Waals surface area contributed by atoms with Crippen molar-refractivity contribution in [1.29, 1.82) is 0 Å². The number of hydrogen-bond donors (Lipinski definition) is 2. The van der Waals surface area contributed by atoms with E-state index in [1.54, 1.807) is 24.3 Å². The van der Waals surface area contributed by atoms with E-state index in [1.165, 1.54) is 26.2 Å². The van der Waals surface area contributed by atoms with Crippen molar-refractivity contribution in [1.82, 2.24) is 5.32 Å². The summed E-state index contributed by atoms with van der Waals surface area (Å²) in [5, 5.41) is 6.00. The number of benzene rings is 1. The second-order valence-corrected chi connectivity index (χ2v) is 10.0. The zero-order valence-corrected chi connectivity index (χ0v) is 17.7. The molecule has 4 aliphatic rings. The van der Waals surface area contributed by atoms with Crippen LogP contribution in [-0.4, -0.2) is 23.6 Å². The third-order valence-electron chi connectivity index (χ3n) is 7.29. The van der Waals surface area contributed by atoms with Crippen LogP contribution in [0.4, 0.5) is 5.69 Å². The fourth-order valence-electron chi connectivity index (χ4n) is 6.25. The molecule has 0 spiro atoms. The van der Waals surface area contributed by atoms with E-state index in [0.717, 1.165) is 19.3 Å². The predicted molar refractivity (Wildman–Crippen MR) is 112 cm³/mol. The van der Waals surface area contributed by atoms with E-state index in [1.807, 2.05) is 13.8 Å². The molecule has 4 saturated carbocycles. The van der Waals surface area contributed by atoms with Crippen LogP contribution in [-0.2, 0) is 9.59 Å². The molecule has 0 saturated heterocycles. The smallest absolute Gasteiger partial charge is 0.247 e. The quantitative estimate of drug-likeness (QED) is 0.708. The minimum atomic E-state index is -0.587. The Hall–Kier alpha value is -2.17. The number of anilines is 1. The fourth-order valence-corrected chi connectivity index (χ4v) is 6.25. The Morgan fingerprint density at radius 1 is 1.00 bits per heavy atom. The highest BCUT2D eigenvalue weighted by Crippen LogP contribution is 2.60. The third-order valence-corrected chi connectivity index (χ3v) is 7.29. The number of carbonyl (C=O) groups is 3. The standard InChI is InChI=1S/C24H32N2O3/c1-14(2)21(22(28)25-20-6-4-5-19(10-20)15(3)27)26-23(29)24-11-16-7-17(12-24)9-18(8-16)13-24/h4-6,10,14,16-18,21H,7-9,11-13H2,1-3H3,(H,25,28)(H,26,29). The van der Waals surface area contributed by atoms with E-state index < -0.39 is 6.04 Å². The number of hydrogen-bond acceptors (Lipinski definition) is 3. The molecule has 156 valence electrons. The lowest BCUT2D eigenvalue weighted by molar-refractivity contribution is -0.148. The predicted octanol–water partition coefficient (Wildman–Crippen LogP) is 4.18. The Morgan fingerprint density at radius 3 is 2.10 bits per heavy atom. The van der Waals surface area contributed by atoms with Crippen LogP contribution in [0.3, 0.4) is 0 Å². The van der Waals surface area contributed by atoms with Gasteiger partial charge in [-0.3, -0.25) is 14.4 Å². The summed E-state index contributed by atoms with van der Waals surface area (Å²) in [5.41, 5.74) is 0.871. The molecule has 29 heavy (non-hydrogen) atoms. The fraction of sp³-hybridized carbons (Fsp3) is 0.625. The Morgan fingerprint density at radius 2 is 1.59 bits per heavy atom. The molecule has 0 radical (unpaired) electrons. The summed E-state index contributed by atoms with van der Waals surface area (Å²) in [4.78, 5) is 38.0. The first-order chi connectivity index (χ1) is 13.8. The number of ketones is 1. The van der Waals surface area contributed by atoms with Gasteiger partial charge >= 0.3 is 0 Å². The van der Waals surface area contributed by atoms with E-state index in [2.05, 4.69) is 10.6 Å². The molecule has 5 nitrogen and oxygen atoms in total. The highest BCUT2D eigenvalue weighted by Gasteiger charge is 2.55. The monoisotopic (exact) mass is 396 g/mol. The molecular formula is C24H32N2O3. The molecule has 5 rings (SSSR count). The lowest BCUT2D eigenvalue weighted by Crippen LogP contribution is -2.57. The summed E-state index contributed by atoms with van der Waals surface area (Å²) in [7, 11) is 0. The summed E-state index contributed by atoms with van der Waals surface area (Å²) in [6, 6.07) is 6.34. The maximum Gasteiger partial charge on any atom is 0.247 e. The molecule has 1 aromatic carbocycles. The third kappa shape index (κ3) is 3.96. The molecule has 4 bridgehead atoms. The molecule has 0 aliphatic heterocycles. The SMILES string of the molecule is CC(=O)c1cccc(NC(=O)C(NC(=O)C23CC4CC(CC(C4)C2)C3)C(C)C)c1. The Kier molecular flexibility index (Phi) is 5.26. The molecule has 0 aromatic heterocycles. The van der Waals surface area contributed by atoms with Crippen molar-refractivity contribution in [2.45, 2.75) is 65.3 Å². The molecule has 1 atom stereocenters. The lowest BCUT2D eigenvalue weighted by atomic mass is 9.49. The van der Waals surface area contributed by atoms with Gasteiger partial charge in [0, 0.05) is 16.7 Å². The van der Waals surface area contributed by atoms with E-state index in [9.17, 15) is 14.4 Å². The van der Waals surface area contributed by atoms with E-state index in [0.29, 0.717) is 29.0 Å². The zero-order valence-electron chi connectivity index (χ0n) is 17.7. The molecular weight excluding hydrogens is 364 g/mol. The molecule has 2 amide bonds. The van der Waals surface area contributed by atoms with Gasteiger partial charge in [0.05, 0.1) is 0 Å². The molecule has 0 heterocycles. The Bertz CT molecular complexity index is 794. The van der Waals surface area contributed by atoms with Gasteiger partial charge in [-0.15, -0.1) is 0 Å². The van der Waals surface area contributed by atoms with Crippen LogP contribution in [0, 0.1) is 29.1 Å². The van der Waals surface area contributed by atoms with Crippen LogP contribution in [0.25, 0.3) is 0 Å². The van der Waals surface area contributed by atoms with Crippen molar-refractivity contribution in [3.05, 3.63) is 29.8 Å². The largest absolute Gasteiger partial charge is 0.344 e. The highest BCUT2D eigenvalue weighted by molar-refractivity contribution is 6.00. The van der Waals surface area contributed by atoms with E-state index in [4.69, 9.17) is 0 Å². The number of Topliss-reactive ketones (excluding diaryl/α,β-unsaturated/α-hetero) is 1. The van der Waals surface area contributed by atoms with Crippen LogP contribution in [0.1, 0.15) is 69.7 Å². The van der Waals surface area contributed by atoms with Gasteiger partial charge in [0.2, 0.25) is 11.8 Å². The van der Waals surface area contributed by atoms with Crippen LogP contribution in [0.15, 0.2) is 24.3 Å². The Balaban J connectivity index is 1.46.